The van der Waals surface area contributed by atoms with Crippen molar-refractivity contribution in [2.45, 2.75) is 52.5 Å². The zero-order valence-electron chi connectivity index (χ0n) is 18.8. The lowest BCUT2D eigenvalue weighted by atomic mass is 9.95. The number of rotatable bonds is 8. The summed E-state index contributed by atoms with van der Waals surface area (Å²) in [6.07, 6.45) is 2.52. The highest BCUT2D eigenvalue weighted by molar-refractivity contribution is 7.89. The van der Waals surface area contributed by atoms with Crippen molar-refractivity contribution >= 4 is 15.9 Å². The third-order valence-corrected chi connectivity index (χ3v) is 8.14. The molecule has 1 aliphatic rings. The Kier molecular flexibility index (Phi) is 7.89. The number of hydrogen-bond donors (Lipinski definition) is 1. The van der Waals surface area contributed by atoms with Gasteiger partial charge in [0.15, 0.2) is 0 Å². The summed E-state index contributed by atoms with van der Waals surface area (Å²) in [5, 5.41) is 3.13. The first-order valence-electron chi connectivity index (χ1n) is 11.2. The van der Waals surface area contributed by atoms with Gasteiger partial charge < -0.3 is 5.32 Å². The number of nitrogens with zero attached hydrogens (tertiary/aromatic N) is 1. The van der Waals surface area contributed by atoms with E-state index in [9.17, 15) is 13.2 Å². The second kappa shape index (κ2) is 10.4. The van der Waals surface area contributed by atoms with E-state index >= 15 is 0 Å². The highest BCUT2D eigenvalue weighted by Gasteiger charge is 2.31. The van der Waals surface area contributed by atoms with E-state index in [1.165, 1.54) is 11.1 Å². The van der Waals surface area contributed by atoms with E-state index in [0.29, 0.717) is 32.4 Å². The van der Waals surface area contributed by atoms with Crippen LogP contribution in [0.25, 0.3) is 0 Å². The van der Waals surface area contributed by atoms with E-state index in [-0.39, 0.29) is 23.6 Å². The Labute approximate surface area is 186 Å². The topological polar surface area (TPSA) is 66.5 Å². The van der Waals surface area contributed by atoms with Crippen LogP contribution >= 0.6 is 0 Å². The first-order chi connectivity index (χ1) is 14.8. The molecule has 0 unspecified atom stereocenters. The van der Waals surface area contributed by atoms with Gasteiger partial charge in [-0.25, -0.2) is 12.7 Å². The number of hydrogen-bond acceptors (Lipinski definition) is 3. The molecule has 0 aliphatic carbocycles. The molecule has 0 spiro atoms. The number of piperidine rings is 1. The van der Waals surface area contributed by atoms with Crippen molar-refractivity contribution in [1.82, 2.24) is 9.62 Å². The number of aryl methyl sites for hydroxylation is 3. The quantitative estimate of drug-likeness (QED) is 0.668. The highest BCUT2D eigenvalue weighted by Crippen LogP contribution is 2.23. The molecular formula is C25H34N2O3S. The largest absolute Gasteiger partial charge is 0.349 e. The second-order valence-corrected chi connectivity index (χ2v) is 10.8. The second-order valence-electron chi connectivity index (χ2n) is 8.67. The Balaban J connectivity index is 1.47. The number of nitrogens with one attached hydrogen (secondary N) is 1. The van der Waals surface area contributed by atoms with Gasteiger partial charge >= 0.3 is 0 Å². The van der Waals surface area contributed by atoms with Crippen molar-refractivity contribution in [2.24, 2.45) is 5.92 Å². The van der Waals surface area contributed by atoms with Gasteiger partial charge in [-0.05, 0) is 63.1 Å². The summed E-state index contributed by atoms with van der Waals surface area (Å²) in [6.45, 7) is 6.96. The van der Waals surface area contributed by atoms with E-state index in [2.05, 4.69) is 37.4 Å². The Hall–Kier alpha value is -2.18. The number of carbonyl (C=O) groups is 1. The van der Waals surface area contributed by atoms with Gasteiger partial charge in [-0.1, -0.05) is 54.1 Å². The summed E-state index contributed by atoms with van der Waals surface area (Å²) in [5.41, 5.74) is 4.66. The Morgan fingerprint density at radius 2 is 1.77 bits per heavy atom. The van der Waals surface area contributed by atoms with Crippen LogP contribution < -0.4 is 5.32 Å². The highest BCUT2D eigenvalue weighted by atomic mass is 32.2. The molecule has 5 nitrogen and oxygen atoms in total. The van der Waals surface area contributed by atoms with Gasteiger partial charge in [-0.15, -0.1) is 0 Å². The van der Waals surface area contributed by atoms with Gasteiger partial charge in [0.1, 0.15) is 0 Å². The average Bonchev–Trinajstić information content (AvgIpc) is 2.74. The number of sulfonamides is 1. The van der Waals surface area contributed by atoms with Crippen molar-refractivity contribution in [3.8, 4) is 0 Å². The molecule has 2 aromatic rings. The van der Waals surface area contributed by atoms with Gasteiger partial charge in [0, 0.05) is 19.0 Å². The molecule has 1 amide bonds. The normalized spacial score (nSPS) is 16.7. The molecule has 0 bridgehead atoms. The lowest BCUT2D eigenvalue weighted by Crippen LogP contribution is -2.44. The Bertz CT molecular complexity index is 981. The van der Waals surface area contributed by atoms with E-state index in [0.717, 1.165) is 17.5 Å². The molecule has 168 valence electrons. The van der Waals surface area contributed by atoms with Crippen molar-refractivity contribution in [2.75, 3.05) is 18.8 Å². The molecular weight excluding hydrogens is 408 g/mol. The predicted molar refractivity (Wildman–Crippen MR) is 125 cm³/mol. The van der Waals surface area contributed by atoms with Crippen LogP contribution in [0, 0.1) is 19.8 Å². The first-order valence-corrected chi connectivity index (χ1v) is 12.8. The zero-order valence-corrected chi connectivity index (χ0v) is 19.6. The van der Waals surface area contributed by atoms with Crippen LogP contribution in [0.1, 0.15) is 54.5 Å². The summed E-state index contributed by atoms with van der Waals surface area (Å²) >= 11 is 0. The Morgan fingerprint density at radius 1 is 1.10 bits per heavy atom. The molecule has 31 heavy (non-hydrogen) atoms. The summed E-state index contributed by atoms with van der Waals surface area (Å²) in [5.74, 6) is 0.0419. The van der Waals surface area contributed by atoms with E-state index < -0.39 is 10.0 Å². The van der Waals surface area contributed by atoms with Gasteiger partial charge in [-0.2, -0.15) is 0 Å². The molecule has 0 radical (unpaired) electrons. The van der Waals surface area contributed by atoms with Crippen LogP contribution in [0.5, 0.6) is 0 Å². The third-order valence-electron chi connectivity index (χ3n) is 6.18. The lowest BCUT2D eigenvalue weighted by molar-refractivity contribution is -0.126. The van der Waals surface area contributed by atoms with Crippen LogP contribution in [0.3, 0.4) is 0 Å². The van der Waals surface area contributed by atoms with Crippen LogP contribution in [0.2, 0.25) is 0 Å². The molecule has 0 aromatic heterocycles. The number of amides is 1. The monoisotopic (exact) mass is 442 g/mol. The molecule has 2 aromatic carbocycles. The zero-order chi connectivity index (χ0) is 22.4. The number of carbonyl (C=O) groups excluding carboxylic acids is 1. The summed E-state index contributed by atoms with van der Waals surface area (Å²) in [4.78, 5) is 12.8. The number of benzene rings is 2. The Morgan fingerprint density at radius 3 is 2.42 bits per heavy atom. The maximum Gasteiger partial charge on any atom is 0.223 e. The molecule has 6 heteroatoms. The van der Waals surface area contributed by atoms with E-state index in [1.807, 2.05) is 37.3 Å². The van der Waals surface area contributed by atoms with E-state index in [4.69, 9.17) is 0 Å². The minimum atomic E-state index is -3.28. The standard InChI is InChI=1S/C25H34N2O3S/c1-19-11-12-24(20(2)18-19)21(3)26-25(28)23-13-15-27(16-14-23)31(29,30)17-7-10-22-8-5-4-6-9-22/h4-6,8-9,11-12,18,21,23H,7,10,13-17H2,1-3H3,(H,26,28)/t21-/m1/s1. The van der Waals surface area contributed by atoms with Crippen molar-refractivity contribution < 1.29 is 13.2 Å². The summed E-state index contributed by atoms with van der Waals surface area (Å²) < 4.78 is 27.0. The van der Waals surface area contributed by atoms with Crippen molar-refractivity contribution in [3.63, 3.8) is 0 Å². The van der Waals surface area contributed by atoms with Gasteiger partial charge in [0.2, 0.25) is 15.9 Å². The molecule has 1 heterocycles. The van der Waals surface area contributed by atoms with Crippen molar-refractivity contribution in [3.05, 3.63) is 70.8 Å². The van der Waals surface area contributed by atoms with E-state index in [1.54, 1.807) is 4.31 Å². The lowest BCUT2D eigenvalue weighted by Gasteiger charge is -2.31. The minimum absolute atomic E-state index is 0.0219. The van der Waals surface area contributed by atoms with Crippen LogP contribution in [0.4, 0.5) is 0 Å². The smallest absolute Gasteiger partial charge is 0.223 e. The van der Waals surface area contributed by atoms with Crippen LogP contribution in [-0.4, -0.2) is 37.5 Å². The molecule has 1 N–H and O–H groups in total. The first kappa shape index (κ1) is 23.5. The van der Waals surface area contributed by atoms with Crippen LogP contribution in [-0.2, 0) is 21.2 Å². The maximum atomic E-state index is 12.8. The van der Waals surface area contributed by atoms with Gasteiger partial charge in [0.25, 0.3) is 0 Å². The van der Waals surface area contributed by atoms with Crippen LogP contribution in [0.15, 0.2) is 48.5 Å². The molecule has 1 atom stereocenters. The maximum absolute atomic E-state index is 12.8. The summed E-state index contributed by atoms with van der Waals surface area (Å²) in [7, 11) is -3.28. The molecule has 3 rings (SSSR count). The molecule has 1 fully saturated rings. The fourth-order valence-corrected chi connectivity index (χ4v) is 5.88. The van der Waals surface area contributed by atoms with Gasteiger partial charge in [-0.3, -0.25) is 4.79 Å². The molecule has 0 saturated carbocycles. The summed E-state index contributed by atoms with van der Waals surface area (Å²) in [6, 6.07) is 16.1. The molecule has 1 aliphatic heterocycles. The van der Waals surface area contributed by atoms with Gasteiger partial charge in [0.05, 0.1) is 11.8 Å². The van der Waals surface area contributed by atoms with Crippen molar-refractivity contribution in [1.29, 1.82) is 0 Å². The predicted octanol–water partition coefficient (Wildman–Crippen LogP) is 4.16. The fourth-order valence-electron chi connectivity index (χ4n) is 4.35. The minimum Gasteiger partial charge on any atom is -0.349 e. The average molecular weight is 443 g/mol. The fraction of sp³-hybridized carbons (Fsp3) is 0.480. The molecule has 1 saturated heterocycles. The SMILES string of the molecule is Cc1ccc([C@@H](C)NC(=O)C2CCN(S(=O)(=O)CCCc3ccccc3)CC2)c(C)c1. The third kappa shape index (κ3) is 6.40.